The van der Waals surface area contributed by atoms with E-state index >= 15 is 0 Å². The summed E-state index contributed by atoms with van der Waals surface area (Å²) < 4.78 is 0. The lowest BCUT2D eigenvalue weighted by Crippen LogP contribution is -2.49. The number of carbonyl (C=O) groups is 2. The molecule has 0 bridgehead atoms. The Morgan fingerprint density at radius 2 is 2.08 bits per heavy atom. The first-order chi connectivity index (χ1) is 11.4. The van der Waals surface area contributed by atoms with E-state index in [1.807, 2.05) is 13.0 Å². The van der Waals surface area contributed by atoms with Gasteiger partial charge in [0, 0.05) is 44.0 Å². The molecule has 0 spiro atoms. The molecule has 1 aromatic rings. The molecule has 3 rings (SSSR count). The van der Waals surface area contributed by atoms with Gasteiger partial charge in [-0.3, -0.25) is 9.89 Å². The third kappa shape index (κ3) is 3.32. The number of rotatable bonds is 3. The van der Waals surface area contributed by atoms with Crippen molar-refractivity contribution in [3.05, 3.63) is 11.8 Å². The fourth-order valence-electron chi connectivity index (χ4n) is 3.39. The highest BCUT2D eigenvalue weighted by molar-refractivity contribution is 5.79. The van der Waals surface area contributed by atoms with E-state index in [0.717, 1.165) is 37.4 Å². The number of anilines is 1. The minimum absolute atomic E-state index is 0.130. The van der Waals surface area contributed by atoms with Crippen molar-refractivity contribution < 1.29 is 14.7 Å². The number of aliphatic carboxylic acids is 1. The summed E-state index contributed by atoms with van der Waals surface area (Å²) in [5, 5.41) is 19.5. The van der Waals surface area contributed by atoms with E-state index in [1.54, 1.807) is 11.8 Å². The predicted octanol–water partition coefficient (Wildman–Crippen LogP) is 1.19. The number of hydrogen-bond acceptors (Lipinski definition) is 4. The first-order valence-corrected chi connectivity index (χ1v) is 8.43. The maximum atomic E-state index is 12.4. The normalized spacial score (nSPS) is 25.1. The van der Waals surface area contributed by atoms with E-state index in [9.17, 15) is 14.7 Å². The summed E-state index contributed by atoms with van der Waals surface area (Å²) in [5.74, 6) is 0.120. The highest BCUT2D eigenvalue weighted by Gasteiger charge is 2.42. The number of H-pyrrole nitrogens is 1. The molecule has 1 aromatic heterocycles. The van der Waals surface area contributed by atoms with E-state index in [2.05, 4.69) is 20.4 Å². The molecule has 1 unspecified atom stereocenters. The molecular formula is C16H25N5O3. The van der Waals surface area contributed by atoms with Crippen molar-refractivity contribution in [2.75, 3.05) is 31.1 Å². The molecule has 0 saturated carbocycles. The zero-order chi connectivity index (χ0) is 17.3. The maximum absolute atomic E-state index is 12.4. The number of carboxylic acid groups (broad SMARTS) is 1. The second-order valence-corrected chi connectivity index (χ2v) is 7.16. The highest BCUT2D eigenvalue weighted by atomic mass is 16.4. The van der Waals surface area contributed by atoms with Crippen LogP contribution in [0.25, 0.3) is 0 Å². The fraction of sp³-hybridized carbons (Fsp3) is 0.688. The summed E-state index contributed by atoms with van der Waals surface area (Å²) >= 11 is 0. The number of hydrogen-bond donors (Lipinski definition) is 3. The van der Waals surface area contributed by atoms with E-state index in [0.29, 0.717) is 13.0 Å². The number of amides is 2. The maximum Gasteiger partial charge on any atom is 0.317 e. The van der Waals surface area contributed by atoms with Gasteiger partial charge in [-0.05, 0) is 33.1 Å². The molecule has 2 fully saturated rings. The van der Waals surface area contributed by atoms with Crippen molar-refractivity contribution in [1.29, 1.82) is 0 Å². The topological polar surface area (TPSA) is 102 Å². The first kappa shape index (κ1) is 16.6. The van der Waals surface area contributed by atoms with Crippen LogP contribution in [0.15, 0.2) is 6.07 Å². The van der Waals surface area contributed by atoms with Crippen LogP contribution < -0.4 is 10.2 Å². The molecule has 8 heteroatoms. The lowest BCUT2D eigenvalue weighted by Gasteiger charge is -2.33. The Labute approximate surface area is 141 Å². The van der Waals surface area contributed by atoms with E-state index in [4.69, 9.17) is 0 Å². The Kier molecular flexibility index (Phi) is 4.38. The molecule has 132 valence electrons. The van der Waals surface area contributed by atoms with E-state index in [-0.39, 0.29) is 18.6 Å². The summed E-state index contributed by atoms with van der Waals surface area (Å²) in [5.41, 5.74) is 0.217. The average molecular weight is 335 g/mol. The van der Waals surface area contributed by atoms with Gasteiger partial charge < -0.3 is 20.2 Å². The SMILES string of the molecule is Cc1cc(N2CCC(NC(=O)N3CCC(C)(C(=O)O)C3)CC2)n[nH]1. The van der Waals surface area contributed by atoms with Gasteiger partial charge >= 0.3 is 12.0 Å². The largest absolute Gasteiger partial charge is 0.481 e. The van der Waals surface area contributed by atoms with Gasteiger partial charge in [0.25, 0.3) is 0 Å². The first-order valence-electron chi connectivity index (χ1n) is 8.43. The van der Waals surface area contributed by atoms with Gasteiger partial charge in [0.05, 0.1) is 5.41 Å². The number of nitrogens with zero attached hydrogens (tertiary/aromatic N) is 3. The number of carboxylic acids is 1. The van der Waals surface area contributed by atoms with E-state index in [1.165, 1.54) is 0 Å². The minimum atomic E-state index is -0.833. The Morgan fingerprint density at radius 3 is 2.62 bits per heavy atom. The summed E-state index contributed by atoms with van der Waals surface area (Å²) in [7, 11) is 0. The molecule has 1 atom stereocenters. The molecule has 2 saturated heterocycles. The molecule has 2 aliphatic heterocycles. The lowest BCUT2D eigenvalue weighted by molar-refractivity contribution is -0.147. The van der Waals surface area contributed by atoms with Gasteiger partial charge in [-0.1, -0.05) is 0 Å². The van der Waals surface area contributed by atoms with Crippen molar-refractivity contribution in [2.24, 2.45) is 5.41 Å². The van der Waals surface area contributed by atoms with Crippen LogP contribution in [0.2, 0.25) is 0 Å². The number of aryl methyl sites for hydroxylation is 1. The molecule has 2 amide bonds. The minimum Gasteiger partial charge on any atom is -0.481 e. The average Bonchev–Trinajstić information content (AvgIpc) is 3.15. The van der Waals surface area contributed by atoms with Crippen LogP contribution in [0.3, 0.4) is 0 Å². The molecule has 0 aliphatic carbocycles. The number of likely N-dealkylation sites (tertiary alicyclic amines) is 1. The number of nitrogens with one attached hydrogen (secondary N) is 2. The Balaban J connectivity index is 1.48. The van der Waals surface area contributed by atoms with Gasteiger partial charge in [0.2, 0.25) is 0 Å². The number of carbonyl (C=O) groups excluding carboxylic acids is 1. The van der Waals surface area contributed by atoms with Gasteiger partial charge in [-0.25, -0.2) is 4.79 Å². The number of piperidine rings is 1. The molecule has 3 N–H and O–H groups in total. The summed E-state index contributed by atoms with van der Waals surface area (Å²) in [6.07, 6.45) is 2.23. The molecule has 0 radical (unpaired) electrons. The van der Waals surface area contributed by atoms with Crippen molar-refractivity contribution >= 4 is 17.8 Å². The van der Waals surface area contributed by atoms with Crippen LogP contribution >= 0.6 is 0 Å². The summed E-state index contributed by atoms with van der Waals surface area (Å²) in [6, 6.07) is 2.01. The summed E-state index contributed by atoms with van der Waals surface area (Å²) in [6.45, 7) is 6.15. The second-order valence-electron chi connectivity index (χ2n) is 7.16. The monoisotopic (exact) mass is 335 g/mol. The Hall–Kier alpha value is -2.25. The molecule has 3 heterocycles. The van der Waals surface area contributed by atoms with Crippen LogP contribution in [0.4, 0.5) is 10.6 Å². The zero-order valence-electron chi connectivity index (χ0n) is 14.2. The van der Waals surface area contributed by atoms with E-state index < -0.39 is 11.4 Å². The van der Waals surface area contributed by atoms with Crippen molar-refractivity contribution in [3.8, 4) is 0 Å². The number of aromatic nitrogens is 2. The quantitative estimate of drug-likeness (QED) is 0.770. The van der Waals surface area contributed by atoms with Gasteiger partial charge in [0.1, 0.15) is 0 Å². The van der Waals surface area contributed by atoms with Crippen LogP contribution in [0.1, 0.15) is 31.9 Å². The Bertz CT molecular complexity index is 623. The molecule has 8 nitrogen and oxygen atoms in total. The van der Waals surface area contributed by atoms with Crippen molar-refractivity contribution in [3.63, 3.8) is 0 Å². The third-order valence-corrected chi connectivity index (χ3v) is 5.12. The smallest absolute Gasteiger partial charge is 0.317 e. The van der Waals surface area contributed by atoms with Gasteiger partial charge in [-0.2, -0.15) is 5.10 Å². The van der Waals surface area contributed by atoms with Crippen LogP contribution in [0, 0.1) is 12.3 Å². The van der Waals surface area contributed by atoms with Crippen molar-refractivity contribution in [2.45, 2.75) is 39.2 Å². The number of aromatic amines is 1. The highest BCUT2D eigenvalue weighted by Crippen LogP contribution is 2.30. The van der Waals surface area contributed by atoms with Gasteiger partial charge in [-0.15, -0.1) is 0 Å². The van der Waals surface area contributed by atoms with Crippen molar-refractivity contribution in [1.82, 2.24) is 20.4 Å². The predicted molar refractivity (Wildman–Crippen MR) is 89.0 cm³/mol. The molecular weight excluding hydrogens is 310 g/mol. The van der Waals surface area contributed by atoms with Crippen LogP contribution in [-0.2, 0) is 4.79 Å². The van der Waals surface area contributed by atoms with Gasteiger partial charge in [0.15, 0.2) is 5.82 Å². The third-order valence-electron chi connectivity index (χ3n) is 5.12. The second kappa shape index (κ2) is 6.33. The molecule has 24 heavy (non-hydrogen) atoms. The standard InChI is InChI=1S/C16H25N5O3/c1-11-9-13(19-18-11)20-6-3-12(4-7-20)17-15(24)21-8-5-16(2,10-21)14(22)23/h9,12H,3-8,10H2,1-2H3,(H,17,24)(H,18,19)(H,22,23). The Morgan fingerprint density at radius 1 is 1.38 bits per heavy atom. The van der Waals surface area contributed by atoms with Crippen LogP contribution in [0.5, 0.6) is 0 Å². The number of urea groups is 1. The van der Waals surface area contributed by atoms with Crippen LogP contribution in [-0.4, -0.2) is 64.4 Å². The molecule has 0 aromatic carbocycles. The zero-order valence-corrected chi connectivity index (χ0v) is 14.2. The summed E-state index contributed by atoms with van der Waals surface area (Å²) in [4.78, 5) is 27.5. The molecule has 2 aliphatic rings. The fourth-order valence-corrected chi connectivity index (χ4v) is 3.39. The lowest BCUT2D eigenvalue weighted by atomic mass is 9.90.